The molecular formula is C10H22N2O2. The first-order chi connectivity index (χ1) is 6.53. The summed E-state index contributed by atoms with van der Waals surface area (Å²) in [5.74, 6) is -0.216. The Hall–Kier alpha value is -0.610. The molecule has 0 heterocycles. The third-order valence-electron chi connectivity index (χ3n) is 2.62. The molecule has 0 aliphatic rings. The lowest BCUT2D eigenvalue weighted by Crippen LogP contribution is -2.56. The van der Waals surface area contributed by atoms with Gasteiger partial charge in [0, 0.05) is 6.54 Å². The van der Waals surface area contributed by atoms with E-state index in [2.05, 4.69) is 24.1 Å². The molecular weight excluding hydrogens is 180 g/mol. The quantitative estimate of drug-likeness (QED) is 0.636. The van der Waals surface area contributed by atoms with Gasteiger partial charge in [0.25, 0.3) is 0 Å². The van der Waals surface area contributed by atoms with Gasteiger partial charge in [0.1, 0.15) is 5.54 Å². The van der Waals surface area contributed by atoms with Crippen LogP contribution in [0, 0.1) is 0 Å². The predicted molar refractivity (Wildman–Crippen MR) is 57.3 cm³/mol. The van der Waals surface area contributed by atoms with E-state index in [1.807, 2.05) is 6.92 Å². The molecule has 1 unspecified atom stereocenters. The van der Waals surface area contributed by atoms with Gasteiger partial charge < -0.3 is 15.0 Å². The molecule has 14 heavy (non-hydrogen) atoms. The summed E-state index contributed by atoms with van der Waals surface area (Å²) in [5.41, 5.74) is -0.610. The first-order valence-corrected chi connectivity index (χ1v) is 5.03. The molecule has 1 N–H and O–H groups in total. The third-order valence-corrected chi connectivity index (χ3v) is 2.62. The highest BCUT2D eigenvalue weighted by molar-refractivity contribution is 5.80. The minimum absolute atomic E-state index is 0.216. The minimum atomic E-state index is -0.610. The maximum absolute atomic E-state index is 11.5. The van der Waals surface area contributed by atoms with E-state index >= 15 is 0 Å². The number of hydrogen-bond donors (Lipinski definition) is 1. The number of likely N-dealkylation sites (N-methyl/N-ethyl adjacent to an activating group) is 2. The van der Waals surface area contributed by atoms with E-state index in [4.69, 9.17) is 4.74 Å². The summed E-state index contributed by atoms with van der Waals surface area (Å²) in [6, 6.07) is 0. The van der Waals surface area contributed by atoms with Crippen LogP contribution in [0.5, 0.6) is 0 Å². The molecule has 0 radical (unpaired) electrons. The maximum atomic E-state index is 11.5. The normalized spacial score (nSPS) is 15.3. The number of rotatable bonds is 6. The molecule has 0 aliphatic carbocycles. The van der Waals surface area contributed by atoms with Gasteiger partial charge in [-0.3, -0.25) is 4.79 Å². The van der Waals surface area contributed by atoms with E-state index in [0.717, 1.165) is 13.1 Å². The Morgan fingerprint density at radius 3 is 2.21 bits per heavy atom. The molecule has 4 heteroatoms. The van der Waals surface area contributed by atoms with Crippen molar-refractivity contribution in [1.82, 2.24) is 10.2 Å². The number of hydrogen-bond acceptors (Lipinski definition) is 4. The number of carbonyl (C=O) groups excluding carboxylic acids is 1. The highest BCUT2D eigenvalue weighted by Gasteiger charge is 2.33. The van der Waals surface area contributed by atoms with Gasteiger partial charge >= 0.3 is 5.97 Å². The fraction of sp³-hybridized carbons (Fsp3) is 0.900. The summed E-state index contributed by atoms with van der Waals surface area (Å²) in [6.07, 6.45) is 0. The number of esters is 1. The van der Waals surface area contributed by atoms with Crippen LogP contribution >= 0.6 is 0 Å². The van der Waals surface area contributed by atoms with Crippen LogP contribution in [0.2, 0.25) is 0 Å². The first kappa shape index (κ1) is 13.4. The molecule has 0 aromatic heterocycles. The Bertz CT molecular complexity index is 181. The predicted octanol–water partition coefficient (Wildman–Crippen LogP) is 0.479. The summed E-state index contributed by atoms with van der Waals surface area (Å²) in [5, 5.41) is 3.01. The van der Waals surface area contributed by atoms with Gasteiger partial charge in [0.15, 0.2) is 0 Å². The van der Waals surface area contributed by atoms with Crippen LogP contribution in [0.15, 0.2) is 0 Å². The summed E-state index contributed by atoms with van der Waals surface area (Å²) in [7, 11) is 3.20. The number of nitrogens with zero attached hydrogens (tertiary/aromatic N) is 1. The van der Waals surface area contributed by atoms with Gasteiger partial charge in [-0.1, -0.05) is 13.8 Å². The molecule has 1 atom stereocenters. The zero-order valence-electron chi connectivity index (χ0n) is 9.89. The average molecular weight is 202 g/mol. The lowest BCUT2D eigenvalue weighted by Gasteiger charge is -2.31. The Kier molecular flexibility index (Phi) is 5.72. The average Bonchev–Trinajstić information content (AvgIpc) is 2.24. The van der Waals surface area contributed by atoms with E-state index < -0.39 is 5.54 Å². The van der Waals surface area contributed by atoms with Crippen LogP contribution < -0.4 is 5.32 Å². The zero-order chi connectivity index (χ0) is 11.2. The van der Waals surface area contributed by atoms with Crippen molar-refractivity contribution in [1.29, 1.82) is 0 Å². The lowest BCUT2D eigenvalue weighted by atomic mass is 10.0. The van der Waals surface area contributed by atoms with Crippen molar-refractivity contribution in [2.75, 3.05) is 33.8 Å². The molecule has 0 bridgehead atoms. The Morgan fingerprint density at radius 1 is 1.43 bits per heavy atom. The van der Waals surface area contributed by atoms with E-state index in [1.54, 1.807) is 7.05 Å². The highest BCUT2D eigenvalue weighted by Crippen LogP contribution is 2.08. The Morgan fingerprint density at radius 2 is 1.93 bits per heavy atom. The molecule has 4 nitrogen and oxygen atoms in total. The Labute approximate surface area is 86.6 Å². The second kappa shape index (κ2) is 5.98. The topological polar surface area (TPSA) is 41.6 Å². The van der Waals surface area contributed by atoms with Crippen LogP contribution in [0.1, 0.15) is 20.8 Å². The van der Waals surface area contributed by atoms with Crippen molar-refractivity contribution < 1.29 is 9.53 Å². The zero-order valence-corrected chi connectivity index (χ0v) is 9.89. The van der Waals surface area contributed by atoms with Gasteiger partial charge in [-0.15, -0.1) is 0 Å². The van der Waals surface area contributed by atoms with E-state index in [-0.39, 0.29) is 5.97 Å². The second-order valence-electron chi connectivity index (χ2n) is 3.54. The van der Waals surface area contributed by atoms with Crippen LogP contribution in [0.3, 0.4) is 0 Å². The van der Waals surface area contributed by atoms with Crippen molar-refractivity contribution >= 4 is 5.97 Å². The molecule has 0 saturated heterocycles. The number of nitrogens with one attached hydrogen (secondary N) is 1. The summed E-state index contributed by atoms with van der Waals surface area (Å²) in [4.78, 5) is 13.7. The van der Waals surface area contributed by atoms with E-state index in [0.29, 0.717) is 6.54 Å². The SMILES string of the molecule is CCN(CC)CC(C)(NC)C(=O)OC. The number of carbonyl (C=O) groups is 1. The van der Waals surface area contributed by atoms with Gasteiger partial charge in [0.2, 0.25) is 0 Å². The molecule has 0 fully saturated rings. The fourth-order valence-corrected chi connectivity index (χ4v) is 1.37. The molecule has 0 aliphatic heterocycles. The van der Waals surface area contributed by atoms with Crippen molar-refractivity contribution in [3.05, 3.63) is 0 Å². The summed E-state index contributed by atoms with van der Waals surface area (Å²) < 4.78 is 4.77. The van der Waals surface area contributed by atoms with Crippen LogP contribution in [-0.4, -0.2) is 50.2 Å². The fourth-order valence-electron chi connectivity index (χ4n) is 1.37. The van der Waals surface area contributed by atoms with E-state index in [1.165, 1.54) is 7.11 Å². The molecule has 0 rings (SSSR count). The third kappa shape index (κ3) is 3.27. The number of methoxy groups -OCH3 is 1. The van der Waals surface area contributed by atoms with Crippen molar-refractivity contribution in [3.8, 4) is 0 Å². The molecule has 0 spiro atoms. The number of ether oxygens (including phenoxy) is 1. The molecule has 84 valence electrons. The standard InChI is InChI=1S/C10H22N2O2/c1-6-12(7-2)8-10(3,11-4)9(13)14-5/h11H,6-8H2,1-5H3. The monoisotopic (exact) mass is 202 g/mol. The van der Waals surface area contributed by atoms with Crippen molar-refractivity contribution in [2.45, 2.75) is 26.3 Å². The molecule has 0 amide bonds. The first-order valence-electron chi connectivity index (χ1n) is 5.03. The largest absolute Gasteiger partial charge is 0.468 e. The van der Waals surface area contributed by atoms with Gasteiger partial charge in [0.05, 0.1) is 7.11 Å². The van der Waals surface area contributed by atoms with Crippen LogP contribution in [0.4, 0.5) is 0 Å². The molecule has 0 aromatic rings. The second-order valence-corrected chi connectivity index (χ2v) is 3.54. The highest BCUT2D eigenvalue weighted by atomic mass is 16.5. The van der Waals surface area contributed by atoms with E-state index in [9.17, 15) is 4.79 Å². The summed E-state index contributed by atoms with van der Waals surface area (Å²) in [6.45, 7) is 8.56. The maximum Gasteiger partial charge on any atom is 0.327 e. The molecule has 0 saturated carbocycles. The lowest BCUT2D eigenvalue weighted by molar-refractivity contribution is -0.148. The van der Waals surface area contributed by atoms with Crippen LogP contribution in [0.25, 0.3) is 0 Å². The van der Waals surface area contributed by atoms with Gasteiger partial charge in [-0.05, 0) is 27.1 Å². The smallest absolute Gasteiger partial charge is 0.327 e. The molecule has 0 aromatic carbocycles. The van der Waals surface area contributed by atoms with Crippen LogP contribution in [-0.2, 0) is 9.53 Å². The van der Waals surface area contributed by atoms with Crippen molar-refractivity contribution in [3.63, 3.8) is 0 Å². The van der Waals surface area contributed by atoms with Gasteiger partial charge in [-0.25, -0.2) is 0 Å². The van der Waals surface area contributed by atoms with Crippen molar-refractivity contribution in [2.24, 2.45) is 0 Å². The minimum Gasteiger partial charge on any atom is -0.468 e. The summed E-state index contributed by atoms with van der Waals surface area (Å²) >= 11 is 0. The van der Waals surface area contributed by atoms with Gasteiger partial charge in [-0.2, -0.15) is 0 Å². The Balaban J connectivity index is 4.45.